The fourth-order valence-electron chi connectivity index (χ4n) is 2.62. The van der Waals surface area contributed by atoms with E-state index < -0.39 is 11.2 Å². The van der Waals surface area contributed by atoms with Crippen molar-refractivity contribution in [2.24, 2.45) is 12.5 Å². The van der Waals surface area contributed by atoms with Crippen LogP contribution >= 0.6 is 0 Å². The number of hydrogen-bond donors (Lipinski definition) is 1. The van der Waals surface area contributed by atoms with Gasteiger partial charge in [-0.1, -0.05) is 19.1 Å². The van der Waals surface area contributed by atoms with Gasteiger partial charge in [-0.15, -0.1) is 5.10 Å². The first-order valence-corrected chi connectivity index (χ1v) is 9.02. The van der Waals surface area contributed by atoms with Crippen molar-refractivity contribution in [3.8, 4) is 17.3 Å². The number of aliphatic hydroxyl groups excluding tert-OH is 1. The lowest BCUT2D eigenvalue weighted by Crippen LogP contribution is -2.21. The standard InChI is InChI=1S/C20H22FN5O3/c1-20(2,12-27)8-17(28)13-4-7-18(23-9-13)29-11-16-19(24-25-26(16)3)15-6-5-14(21)10-22-15/h4-7,9-10,27H,8,11-12H2,1-3H3. The molecule has 0 unspecified atom stereocenters. The molecular formula is C20H22FN5O3. The maximum atomic E-state index is 13.1. The zero-order valence-electron chi connectivity index (χ0n) is 16.5. The van der Waals surface area contributed by atoms with Crippen LogP contribution in [0.3, 0.4) is 0 Å². The predicted molar refractivity (Wildman–Crippen MR) is 103 cm³/mol. The highest BCUT2D eigenvalue weighted by Gasteiger charge is 2.22. The number of hydrogen-bond acceptors (Lipinski definition) is 7. The zero-order chi connectivity index (χ0) is 21.0. The molecule has 0 atom stereocenters. The van der Waals surface area contributed by atoms with Gasteiger partial charge in [-0.2, -0.15) is 0 Å². The van der Waals surface area contributed by atoms with Gasteiger partial charge in [0.1, 0.15) is 23.8 Å². The zero-order valence-corrected chi connectivity index (χ0v) is 16.5. The first-order chi connectivity index (χ1) is 13.8. The summed E-state index contributed by atoms with van der Waals surface area (Å²) < 4.78 is 20.4. The SMILES string of the molecule is Cn1nnc(-c2ccc(F)cn2)c1COc1ccc(C(=O)CC(C)(C)CO)cn1. The van der Waals surface area contributed by atoms with Crippen molar-refractivity contribution < 1.29 is 19.0 Å². The number of carbonyl (C=O) groups excluding carboxylic acids is 1. The molecule has 0 bridgehead atoms. The maximum absolute atomic E-state index is 13.1. The van der Waals surface area contributed by atoms with Crippen molar-refractivity contribution in [2.75, 3.05) is 6.61 Å². The molecule has 0 saturated heterocycles. The second-order valence-electron chi connectivity index (χ2n) is 7.47. The molecule has 0 amide bonds. The van der Waals surface area contributed by atoms with Gasteiger partial charge in [0.05, 0.1) is 11.9 Å². The van der Waals surface area contributed by atoms with E-state index in [-0.39, 0.29) is 25.4 Å². The molecule has 0 aromatic carbocycles. The quantitative estimate of drug-likeness (QED) is 0.581. The molecule has 1 N–H and O–H groups in total. The first-order valence-electron chi connectivity index (χ1n) is 9.02. The summed E-state index contributed by atoms with van der Waals surface area (Å²) in [6.07, 6.45) is 2.79. The molecule has 0 aliphatic carbocycles. The summed E-state index contributed by atoms with van der Waals surface area (Å²) in [6.45, 7) is 3.70. The number of aryl methyl sites for hydroxylation is 1. The van der Waals surface area contributed by atoms with E-state index >= 15 is 0 Å². The normalized spacial score (nSPS) is 11.5. The first kappa shape index (κ1) is 20.5. The van der Waals surface area contributed by atoms with Crippen molar-refractivity contribution in [3.05, 3.63) is 53.7 Å². The minimum atomic E-state index is -0.483. The summed E-state index contributed by atoms with van der Waals surface area (Å²) >= 11 is 0. The lowest BCUT2D eigenvalue weighted by atomic mass is 9.87. The van der Waals surface area contributed by atoms with E-state index in [1.165, 1.54) is 18.3 Å². The minimum Gasteiger partial charge on any atom is -0.471 e. The summed E-state index contributed by atoms with van der Waals surface area (Å²) in [4.78, 5) is 20.5. The van der Waals surface area contributed by atoms with Crippen molar-refractivity contribution in [1.82, 2.24) is 25.0 Å². The number of carbonyl (C=O) groups is 1. The maximum Gasteiger partial charge on any atom is 0.213 e. The van der Waals surface area contributed by atoms with E-state index in [2.05, 4.69) is 20.3 Å². The highest BCUT2D eigenvalue weighted by Crippen LogP contribution is 2.23. The smallest absolute Gasteiger partial charge is 0.213 e. The molecule has 0 saturated carbocycles. The van der Waals surface area contributed by atoms with Gasteiger partial charge in [-0.25, -0.2) is 14.1 Å². The molecule has 3 aromatic heterocycles. The van der Waals surface area contributed by atoms with Crippen molar-refractivity contribution in [3.63, 3.8) is 0 Å². The number of aromatic nitrogens is 5. The molecule has 0 aliphatic rings. The van der Waals surface area contributed by atoms with Crippen molar-refractivity contribution in [1.29, 1.82) is 0 Å². The number of rotatable bonds is 8. The number of ketones is 1. The molecular weight excluding hydrogens is 377 g/mol. The largest absolute Gasteiger partial charge is 0.471 e. The van der Waals surface area contributed by atoms with Crippen LogP contribution in [0, 0.1) is 11.2 Å². The van der Waals surface area contributed by atoms with Crippen LogP contribution in [-0.4, -0.2) is 42.5 Å². The molecule has 3 rings (SSSR count). The molecule has 9 heteroatoms. The molecule has 29 heavy (non-hydrogen) atoms. The molecule has 152 valence electrons. The highest BCUT2D eigenvalue weighted by atomic mass is 19.1. The lowest BCUT2D eigenvalue weighted by molar-refractivity contribution is 0.0858. The summed E-state index contributed by atoms with van der Waals surface area (Å²) in [6, 6.07) is 6.08. The number of nitrogens with zero attached hydrogens (tertiary/aromatic N) is 5. The van der Waals surface area contributed by atoms with Gasteiger partial charge in [-0.05, 0) is 23.6 Å². The van der Waals surface area contributed by atoms with E-state index in [9.17, 15) is 14.3 Å². The number of ether oxygens (including phenoxy) is 1. The summed E-state index contributed by atoms with van der Waals surface area (Å²) in [7, 11) is 1.72. The lowest BCUT2D eigenvalue weighted by Gasteiger charge is -2.20. The van der Waals surface area contributed by atoms with Gasteiger partial charge in [0.25, 0.3) is 0 Å². The Bertz CT molecular complexity index is 984. The average molecular weight is 399 g/mol. The van der Waals surface area contributed by atoms with Gasteiger partial charge < -0.3 is 9.84 Å². The predicted octanol–water partition coefficient (Wildman–Crippen LogP) is 2.58. The Morgan fingerprint density at radius 1 is 1.21 bits per heavy atom. The van der Waals surface area contributed by atoms with Crippen LogP contribution in [0.2, 0.25) is 0 Å². The highest BCUT2D eigenvalue weighted by molar-refractivity contribution is 5.96. The Hall–Kier alpha value is -3.20. The second-order valence-corrected chi connectivity index (χ2v) is 7.47. The minimum absolute atomic E-state index is 0.0721. The van der Waals surface area contributed by atoms with Crippen molar-refractivity contribution in [2.45, 2.75) is 26.9 Å². The van der Waals surface area contributed by atoms with Crippen LogP contribution in [0.4, 0.5) is 4.39 Å². The van der Waals surface area contributed by atoms with Gasteiger partial charge in [0.2, 0.25) is 5.88 Å². The molecule has 0 spiro atoms. The van der Waals surface area contributed by atoms with Crippen LogP contribution in [0.15, 0.2) is 36.7 Å². The van der Waals surface area contributed by atoms with E-state index in [4.69, 9.17) is 4.74 Å². The van der Waals surface area contributed by atoms with Crippen LogP contribution in [0.5, 0.6) is 5.88 Å². The van der Waals surface area contributed by atoms with E-state index in [1.54, 1.807) is 23.9 Å². The van der Waals surface area contributed by atoms with Gasteiger partial charge in [0.15, 0.2) is 5.78 Å². The third-order valence-corrected chi connectivity index (χ3v) is 4.40. The fraction of sp³-hybridized carbons (Fsp3) is 0.350. The number of aliphatic hydroxyl groups is 1. The molecule has 8 nitrogen and oxygen atoms in total. The third-order valence-electron chi connectivity index (χ3n) is 4.40. The Morgan fingerprint density at radius 2 is 2.00 bits per heavy atom. The molecule has 0 aliphatic heterocycles. The van der Waals surface area contributed by atoms with Crippen LogP contribution in [-0.2, 0) is 13.7 Å². The summed E-state index contributed by atoms with van der Waals surface area (Å²) in [5.41, 5.74) is 1.60. The van der Waals surface area contributed by atoms with Crippen LogP contribution < -0.4 is 4.74 Å². The third kappa shape index (κ3) is 5.00. The summed E-state index contributed by atoms with van der Waals surface area (Å²) in [5, 5.41) is 17.4. The Balaban J connectivity index is 1.69. The number of pyridine rings is 2. The van der Waals surface area contributed by atoms with E-state index in [0.717, 1.165) is 6.20 Å². The number of halogens is 1. The molecule has 3 aromatic rings. The van der Waals surface area contributed by atoms with Crippen molar-refractivity contribution >= 4 is 5.78 Å². The monoisotopic (exact) mass is 399 g/mol. The van der Waals surface area contributed by atoms with Crippen LogP contribution in [0.1, 0.15) is 36.3 Å². The Morgan fingerprint density at radius 3 is 2.62 bits per heavy atom. The Labute approximate surface area is 167 Å². The molecule has 0 fully saturated rings. The van der Waals surface area contributed by atoms with Gasteiger partial charge in [-0.3, -0.25) is 9.78 Å². The molecule has 0 radical (unpaired) electrons. The average Bonchev–Trinajstić information content (AvgIpc) is 3.07. The fourth-order valence-corrected chi connectivity index (χ4v) is 2.62. The number of Topliss-reactive ketones (excluding diaryl/α,β-unsaturated/α-hetero) is 1. The second kappa shape index (κ2) is 8.44. The van der Waals surface area contributed by atoms with Gasteiger partial charge in [0, 0.05) is 37.9 Å². The molecule has 3 heterocycles. The van der Waals surface area contributed by atoms with E-state index in [1.807, 2.05) is 13.8 Å². The van der Waals surface area contributed by atoms with E-state index in [0.29, 0.717) is 28.5 Å². The summed E-state index contributed by atoms with van der Waals surface area (Å²) in [5.74, 6) is -0.192. The Kier molecular flexibility index (Phi) is 5.97. The van der Waals surface area contributed by atoms with Gasteiger partial charge >= 0.3 is 0 Å². The topological polar surface area (TPSA) is 103 Å². The van der Waals surface area contributed by atoms with Crippen LogP contribution in [0.25, 0.3) is 11.4 Å².